The summed E-state index contributed by atoms with van der Waals surface area (Å²) in [6, 6.07) is 11.4. The molecule has 0 aromatic heterocycles. The van der Waals surface area contributed by atoms with Crippen LogP contribution < -0.4 is 10.1 Å². The maximum absolute atomic E-state index is 12.8. The normalized spacial score (nSPS) is 14.6. The van der Waals surface area contributed by atoms with Crippen LogP contribution in [0.4, 0.5) is 18.9 Å². The second-order valence-electron chi connectivity index (χ2n) is 6.22. The van der Waals surface area contributed by atoms with Crippen molar-refractivity contribution in [2.75, 3.05) is 11.9 Å². The molecule has 0 saturated carbocycles. The molecule has 1 N–H and O–H groups in total. The zero-order valence-electron chi connectivity index (χ0n) is 15.2. The summed E-state index contributed by atoms with van der Waals surface area (Å²) in [6.07, 6.45) is -4.28. The third-order valence-electron chi connectivity index (χ3n) is 4.09. The number of amides is 2. The van der Waals surface area contributed by atoms with Gasteiger partial charge in [0.15, 0.2) is 0 Å². The molecule has 0 fully saturated rings. The summed E-state index contributed by atoms with van der Waals surface area (Å²) in [4.78, 5) is 26.8. The Kier molecular flexibility index (Phi) is 5.83. The Balaban J connectivity index is 2.00. The fourth-order valence-electron chi connectivity index (χ4n) is 2.92. The van der Waals surface area contributed by atoms with Gasteiger partial charge in [-0.3, -0.25) is 14.5 Å². The first kappa shape index (κ1) is 20.7. The van der Waals surface area contributed by atoms with Gasteiger partial charge in [-0.1, -0.05) is 36.7 Å². The van der Waals surface area contributed by atoms with Gasteiger partial charge in [-0.05, 0) is 36.2 Å². The predicted octanol–water partition coefficient (Wildman–Crippen LogP) is 4.84. The van der Waals surface area contributed by atoms with Crippen LogP contribution in [0.25, 0.3) is 5.57 Å². The van der Waals surface area contributed by atoms with Crippen LogP contribution in [0.15, 0.2) is 54.2 Å². The SMILES string of the molecule is CCCN1C(=O)C(Nc2cccc(OC(F)(F)F)c2)=C(c2ccc(Cl)cc2)C1=O. The van der Waals surface area contributed by atoms with Crippen LogP contribution >= 0.6 is 11.6 Å². The van der Waals surface area contributed by atoms with Crippen LogP contribution in [-0.2, 0) is 9.59 Å². The molecule has 0 spiro atoms. The molecule has 0 saturated heterocycles. The fraction of sp³-hybridized carbons (Fsp3) is 0.200. The number of carbonyl (C=O) groups is 2. The van der Waals surface area contributed by atoms with Crippen molar-refractivity contribution in [1.29, 1.82) is 0 Å². The number of benzene rings is 2. The minimum Gasteiger partial charge on any atom is -0.406 e. The number of imide groups is 1. The number of hydrogen-bond donors (Lipinski definition) is 1. The monoisotopic (exact) mass is 424 g/mol. The van der Waals surface area contributed by atoms with Crippen LogP contribution in [0, 0.1) is 0 Å². The number of alkyl halides is 3. The molecule has 5 nitrogen and oxygen atoms in total. The highest BCUT2D eigenvalue weighted by atomic mass is 35.5. The highest BCUT2D eigenvalue weighted by Crippen LogP contribution is 2.32. The molecule has 0 radical (unpaired) electrons. The molecule has 152 valence electrons. The third-order valence-corrected chi connectivity index (χ3v) is 4.34. The van der Waals surface area contributed by atoms with E-state index in [2.05, 4.69) is 10.1 Å². The molecule has 1 aliphatic heterocycles. The average Bonchev–Trinajstić information content (AvgIpc) is 2.86. The third kappa shape index (κ3) is 4.71. The Morgan fingerprint density at radius 3 is 2.38 bits per heavy atom. The molecule has 2 amide bonds. The first-order valence-electron chi connectivity index (χ1n) is 8.69. The van der Waals surface area contributed by atoms with E-state index < -0.39 is 23.9 Å². The Morgan fingerprint density at radius 1 is 1.07 bits per heavy atom. The summed E-state index contributed by atoms with van der Waals surface area (Å²) in [5, 5.41) is 3.25. The van der Waals surface area contributed by atoms with Crippen molar-refractivity contribution in [2.45, 2.75) is 19.7 Å². The largest absolute Gasteiger partial charge is 0.573 e. The molecule has 2 aromatic carbocycles. The van der Waals surface area contributed by atoms with Gasteiger partial charge in [0, 0.05) is 23.3 Å². The molecule has 0 aliphatic carbocycles. The van der Waals surface area contributed by atoms with Crippen LogP contribution in [0.2, 0.25) is 5.02 Å². The van der Waals surface area contributed by atoms with Crippen LogP contribution in [0.5, 0.6) is 5.75 Å². The molecule has 2 aromatic rings. The first-order valence-corrected chi connectivity index (χ1v) is 9.06. The molecule has 0 atom stereocenters. The van der Waals surface area contributed by atoms with E-state index in [0.717, 1.165) is 17.0 Å². The smallest absolute Gasteiger partial charge is 0.406 e. The van der Waals surface area contributed by atoms with Crippen molar-refractivity contribution < 1.29 is 27.5 Å². The van der Waals surface area contributed by atoms with Gasteiger partial charge in [-0.15, -0.1) is 13.2 Å². The summed E-state index contributed by atoms with van der Waals surface area (Å²) in [6.45, 7) is 2.04. The van der Waals surface area contributed by atoms with Gasteiger partial charge >= 0.3 is 6.36 Å². The summed E-state index contributed by atoms with van der Waals surface area (Å²) >= 11 is 5.90. The highest BCUT2D eigenvalue weighted by Gasteiger charge is 2.38. The first-order chi connectivity index (χ1) is 13.7. The second-order valence-corrected chi connectivity index (χ2v) is 6.66. The van der Waals surface area contributed by atoms with Crippen LogP contribution in [0.3, 0.4) is 0 Å². The second kappa shape index (κ2) is 8.16. The van der Waals surface area contributed by atoms with E-state index in [9.17, 15) is 22.8 Å². The molecule has 1 aliphatic rings. The maximum Gasteiger partial charge on any atom is 0.573 e. The van der Waals surface area contributed by atoms with Gasteiger partial charge in [0.2, 0.25) is 0 Å². The minimum atomic E-state index is -4.84. The lowest BCUT2D eigenvalue weighted by atomic mass is 10.0. The Hall–Kier alpha value is -3.00. The van der Waals surface area contributed by atoms with E-state index in [1.807, 2.05) is 6.92 Å². The van der Waals surface area contributed by atoms with Gasteiger partial charge in [-0.25, -0.2) is 0 Å². The number of nitrogens with one attached hydrogen (secondary N) is 1. The molecular weight excluding hydrogens is 409 g/mol. The summed E-state index contributed by atoms with van der Waals surface area (Å²) in [7, 11) is 0. The van der Waals surface area contributed by atoms with Crippen LogP contribution in [-0.4, -0.2) is 29.6 Å². The zero-order chi connectivity index (χ0) is 21.2. The van der Waals surface area contributed by atoms with Crippen molar-refractivity contribution >= 4 is 34.7 Å². The number of ether oxygens (including phenoxy) is 1. The Morgan fingerprint density at radius 2 is 1.76 bits per heavy atom. The van der Waals surface area contributed by atoms with E-state index in [1.165, 1.54) is 12.1 Å². The van der Waals surface area contributed by atoms with E-state index in [0.29, 0.717) is 17.0 Å². The number of halogens is 4. The summed E-state index contributed by atoms with van der Waals surface area (Å²) < 4.78 is 41.3. The number of carbonyl (C=O) groups excluding carboxylic acids is 2. The van der Waals surface area contributed by atoms with E-state index >= 15 is 0 Å². The van der Waals surface area contributed by atoms with E-state index in [-0.39, 0.29) is 23.5 Å². The lowest BCUT2D eigenvalue weighted by Gasteiger charge is -2.14. The maximum atomic E-state index is 12.8. The van der Waals surface area contributed by atoms with Gasteiger partial charge in [-0.2, -0.15) is 0 Å². The van der Waals surface area contributed by atoms with Crippen molar-refractivity contribution in [3.63, 3.8) is 0 Å². The topological polar surface area (TPSA) is 58.6 Å². The highest BCUT2D eigenvalue weighted by molar-refractivity contribution is 6.36. The summed E-state index contributed by atoms with van der Waals surface area (Å²) in [5.41, 5.74) is 0.751. The fourth-order valence-corrected chi connectivity index (χ4v) is 3.04. The average molecular weight is 425 g/mol. The Labute approximate surface area is 169 Å². The molecule has 29 heavy (non-hydrogen) atoms. The van der Waals surface area contributed by atoms with Crippen molar-refractivity contribution in [2.24, 2.45) is 0 Å². The van der Waals surface area contributed by atoms with E-state index in [1.54, 1.807) is 24.3 Å². The molecule has 9 heteroatoms. The van der Waals surface area contributed by atoms with Gasteiger partial charge in [0.1, 0.15) is 11.4 Å². The molecule has 3 rings (SSSR count). The van der Waals surface area contributed by atoms with Crippen LogP contribution in [0.1, 0.15) is 18.9 Å². The van der Waals surface area contributed by atoms with E-state index in [4.69, 9.17) is 11.6 Å². The lowest BCUT2D eigenvalue weighted by Crippen LogP contribution is -2.33. The van der Waals surface area contributed by atoms with Gasteiger partial charge < -0.3 is 10.1 Å². The molecule has 1 heterocycles. The minimum absolute atomic E-state index is 0.0186. The number of anilines is 1. The van der Waals surface area contributed by atoms with Gasteiger partial charge in [0.25, 0.3) is 11.8 Å². The molecular formula is C20H16ClF3N2O3. The molecule has 0 bridgehead atoms. The lowest BCUT2D eigenvalue weighted by molar-refractivity contribution is -0.274. The number of nitrogens with zero attached hydrogens (tertiary/aromatic N) is 1. The standard InChI is InChI=1S/C20H16ClF3N2O3/c1-2-10-26-18(27)16(12-6-8-13(21)9-7-12)17(19(26)28)25-14-4-3-5-15(11-14)29-20(22,23)24/h3-9,11,25H,2,10H2,1H3. The van der Waals surface area contributed by atoms with Crippen molar-refractivity contribution in [3.05, 3.63) is 64.8 Å². The quantitative estimate of drug-likeness (QED) is 0.674. The van der Waals surface area contributed by atoms with Crippen molar-refractivity contribution in [1.82, 2.24) is 4.90 Å². The Bertz CT molecular complexity index is 972. The van der Waals surface area contributed by atoms with Crippen molar-refractivity contribution in [3.8, 4) is 5.75 Å². The number of hydrogen-bond acceptors (Lipinski definition) is 4. The summed E-state index contributed by atoms with van der Waals surface area (Å²) in [5.74, 6) is -1.48. The number of rotatable bonds is 6. The zero-order valence-corrected chi connectivity index (χ0v) is 16.0. The van der Waals surface area contributed by atoms with Gasteiger partial charge in [0.05, 0.1) is 5.57 Å². The predicted molar refractivity (Wildman–Crippen MR) is 102 cm³/mol. The molecule has 0 unspecified atom stereocenters.